The smallest absolute Gasteiger partial charge is 0.0456 e. The molecule has 0 aromatic heterocycles. The van der Waals surface area contributed by atoms with Crippen molar-refractivity contribution in [1.29, 1.82) is 0 Å². The van der Waals surface area contributed by atoms with Crippen LogP contribution in [0.2, 0.25) is 0 Å². The van der Waals surface area contributed by atoms with Gasteiger partial charge in [0.15, 0.2) is 0 Å². The van der Waals surface area contributed by atoms with Crippen LogP contribution in [0.4, 0.5) is 0 Å². The van der Waals surface area contributed by atoms with Gasteiger partial charge in [0.2, 0.25) is 0 Å². The minimum absolute atomic E-state index is 0.385. The third kappa shape index (κ3) is 2.30. The highest BCUT2D eigenvalue weighted by Crippen LogP contribution is 2.42. The molecule has 100 valence electrons. The van der Waals surface area contributed by atoms with Crippen molar-refractivity contribution < 1.29 is 0 Å². The Labute approximate surface area is 112 Å². The molecule has 2 fully saturated rings. The molecule has 1 heteroatoms. The molecule has 0 aromatic carbocycles. The van der Waals surface area contributed by atoms with E-state index < -0.39 is 0 Å². The summed E-state index contributed by atoms with van der Waals surface area (Å²) in [5, 5.41) is 0. The monoisotopic (exact) mass is 245 g/mol. The second kappa shape index (κ2) is 5.61. The minimum atomic E-state index is 0.385. The SMILES string of the molecule is C1=CCC(C2CCCCC2)(N2CCCCC2)C=C1. The van der Waals surface area contributed by atoms with Gasteiger partial charge in [-0.3, -0.25) is 4.90 Å². The van der Waals surface area contributed by atoms with E-state index in [1.54, 1.807) is 0 Å². The maximum Gasteiger partial charge on any atom is 0.0456 e. The van der Waals surface area contributed by atoms with Gasteiger partial charge in [-0.1, -0.05) is 50.0 Å². The lowest BCUT2D eigenvalue weighted by atomic mass is 9.70. The predicted molar refractivity (Wildman–Crippen MR) is 77.6 cm³/mol. The van der Waals surface area contributed by atoms with E-state index in [0.29, 0.717) is 5.54 Å². The lowest BCUT2D eigenvalue weighted by Gasteiger charge is -2.50. The van der Waals surface area contributed by atoms with Gasteiger partial charge in [0.1, 0.15) is 0 Å². The number of nitrogens with zero attached hydrogens (tertiary/aromatic N) is 1. The van der Waals surface area contributed by atoms with E-state index in [2.05, 4.69) is 29.2 Å². The summed E-state index contributed by atoms with van der Waals surface area (Å²) < 4.78 is 0. The molecule has 0 amide bonds. The normalized spacial score (nSPS) is 34.9. The first-order valence-electron chi connectivity index (χ1n) is 8.01. The van der Waals surface area contributed by atoms with Gasteiger partial charge in [0.25, 0.3) is 0 Å². The van der Waals surface area contributed by atoms with Crippen molar-refractivity contribution in [1.82, 2.24) is 4.90 Å². The Balaban J connectivity index is 1.82. The van der Waals surface area contributed by atoms with Crippen LogP contribution in [0, 0.1) is 5.92 Å². The standard InChI is InChI=1S/C17H27N/c1-4-10-16(11-5-1)17(12-6-2-7-13-17)18-14-8-3-9-15-18/h2,6-7,12,16H,1,3-5,8-11,13-15H2. The molecule has 1 aliphatic heterocycles. The molecule has 0 aromatic rings. The highest BCUT2D eigenvalue weighted by Gasteiger charge is 2.41. The van der Waals surface area contributed by atoms with Crippen molar-refractivity contribution in [2.75, 3.05) is 13.1 Å². The van der Waals surface area contributed by atoms with Crippen LogP contribution in [0.3, 0.4) is 0 Å². The van der Waals surface area contributed by atoms with Crippen LogP contribution in [0.5, 0.6) is 0 Å². The van der Waals surface area contributed by atoms with Gasteiger partial charge in [-0.2, -0.15) is 0 Å². The second-order valence-corrected chi connectivity index (χ2v) is 6.37. The Morgan fingerprint density at radius 3 is 2.22 bits per heavy atom. The first kappa shape index (κ1) is 12.5. The topological polar surface area (TPSA) is 3.24 Å². The summed E-state index contributed by atoms with van der Waals surface area (Å²) >= 11 is 0. The van der Waals surface area contributed by atoms with E-state index >= 15 is 0 Å². The van der Waals surface area contributed by atoms with Gasteiger partial charge in [0.05, 0.1) is 0 Å². The van der Waals surface area contributed by atoms with Gasteiger partial charge in [-0.15, -0.1) is 0 Å². The van der Waals surface area contributed by atoms with Gasteiger partial charge >= 0.3 is 0 Å². The fraction of sp³-hybridized carbons (Fsp3) is 0.765. The maximum atomic E-state index is 2.83. The summed E-state index contributed by atoms with van der Waals surface area (Å²) in [5.74, 6) is 0.908. The summed E-state index contributed by atoms with van der Waals surface area (Å²) in [7, 11) is 0. The number of hydrogen-bond donors (Lipinski definition) is 0. The Morgan fingerprint density at radius 1 is 0.833 bits per heavy atom. The zero-order chi connectivity index (χ0) is 12.3. The fourth-order valence-electron chi connectivity index (χ4n) is 4.33. The molecule has 1 heterocycles. The van der Waals surface area contributed by atoms with Gasteiger partial charge in [0, 0.05) is 5.54 Å². The Bertz CT molecular complexity index is 299. The van der Waals surface area contributed by atoms with Gasteiger partial charge in [-0.25, -0.2) is 0 Å². The molecule has 0 N–H and O–H groups in total. The highest BCUT2D eigenvalue weighted by atomic mass is 15.2. The van der Waals surface area contributed by atoms with E-state index in [4.69, 9.17) is 0 Å². The average Bonchev–Trinajstić information content (AvgIpc) is 2.50. The molecule has 3 rings (SSSR count). The fourth-order valence-corrected chi connectivity index (χ4v) is 4.33. The third-order valence-electron chi connectivity index (χ3n) is 5.33. The van der Waals surface area contributed by atoms with Crippen LogP contribution in [0.1, 0.15) is 57.8 Å². The summed E-state index contributed by atoms with van der Waals surface area (Å²) in [6.45, 7) is 2.66. The Morgan fingerprint density at radius 2 is 1.56 bits per heavy atom. The van der Waals surface area contributed by atoms with Crippen molar-refractivity contribution in [2.45, 2.75) is 63.3 Å². The summed E-state index contributed by atoms with van der Waals surface area (Å²) in [5.41, 5.74) is 0.385. The van der Waals surface area contributed by atoms with Gasteiger partial charge in [-0.05, 0) is 51.1 Å². The highest BCUT2D eigenvalue weighted by molar-refractivity contribution is 5.23. The van der Waals surface area contributed by atoms with Crippen molar-refractivity contribution in [3.05, 3.63) is 24.3 Å². The molecule has 18 heavy (non-hydrogen) atoms. The van der Waals surface area contributed by atoms with E-state index in [0.717, 1.165) is 5.92 Å². The van der Waals surface area contributed by atoms with Crippen LogP contribution < -0.4 is 0 Å². The van der Waals surface area contributed by atoms with E-state index in [-0.39, 0.29) is 0 Å². The zero-order valence-corrected chi connectivity index (χ0v) is 11.6. The predicted octanol–water partition coefficient (Wildman–Crippen LogP) is 4.31. The number of rotatable bonds is 2. The van der Waals surface area contributed by atoms with E-state index in [1.165, 1.54) is 70.9 Å². The molecule has 1 nitrogen and oxygen atoms in total. The summed E-state index contributed by atoms with van der Waals surface area (Å²) in [6.07, 6.45) is 22.3. The molecular formula is C17H27N. The molecule has 0 bridgehead atoms. The maximum absolute atomic E-state index is 2.83. The van der Waals surface area contributed by atoms with Crippen molar-refractivity contribution in [2.24, 2.45) is 5.92 Å². The van der Waals surface area contributed by atoms with Crippen LogP contribution >= 0.6 is 0 Å². The van der Waals surface area contributed by atoms with Crippen LogP contribution in [0.25, 0.3) is 0 Å². The lowest BCUT2D eigenvalue weighted by molar-refractivity contribution is 0.0385. The van der Waals surface area contributed by atoms with Gasteiger partial charge < -0.3 is 0 Å². The lowest BCUT2D eigenvalue weighted by Crippen LogP contribution is -2.55. The minimum Gasteiger partial charge on any atom is -0.294 e. The van der Waals surface area contributed by atoms with Crippen LogP contribution in [0.15, 0.2) is 24.3 Å². The van der Waals surface area contributed by atoms with E-state index in [1.807, 2.05) is 0 Å². The quantitative estimate of drug-likeness (QED) is 0.701. The number of hydrogen-bond acceptors (Lipinski definition) is 1. The Kier molecular flexibility index (Phi) is 3.88. The number of likely N-dealkylation sites (tertiary alicyclic amines) is 1. The van der Waals surface area contributed by atoms with E-state index in [9.17, 15) is 0 Å². The molecule has 2 aliphatic carbocycles. The average molecular weight is 245 g/mol. The first-order valence-corrected chi connectivity index (χ1v) is 8.01. The number of allylic oxidation sites excluding steroid dienone is 2. The molecule has 3 aliphatic rings. The largest absolute Gasteiger partial charge is 0.294 e. The van der Waals surface area contributed by atoms with Crippen LogP contribution in [-0.2, 0) is 0 Å². The molecular weight excluding hydrogens is 218 g/mol. The molecule has 1 unspecified atom stereocenters. The van der Waals surface area contributed by atoms with Crippen molar-refractivity contribution >= 4 is 0 Å². The molecule has 1 saturated carbocycles. The van der Waals surface area contributed by atoms with Crippen LogP contribution in [-0.4, -0.2) is 23.5 Å². The Hall–Kier alpha value is -0.560. The molecule has 1 atom stereocenters. The van der Waals surface area contributed by atoms with Crippen molar-refractivity contribution in [3.63, 3.8) is 0 Å². The molecule has 1 saturated heterocycles. The molecule has 0 radical (unpaired) electrons. The summed E-state index contributed by atoms with van der Waals surface area (Å²) in [4.78, 5) is 2.83. The zero-order valence-electron chi connectivity index (χ0n) is 11.6. The molecule has 0 spiro atoms. The second-order valence-electron chi connectivity index (χ2n) is 6.37. The third-order valence-corrected chi connectivity index (χ3v) is 5.33. The number of piperidine rings is 1. The first-order chi connectivity index (χ1) is 8.92. The van der Waals surface area contributed by atoms with Crippen molar-refractivity contribution in [3.8, 4) is 0 Å². The summed E-state index contributed by atoms with van der Waals surface area (Å²) in [6, 6.07) is 0.